The Hall–Kier alpha value is -1.62. The molecule has 1 amide bonds. The topological polar surface area (TPSA) is 81.5 Å². The number of carbonyl (C=O) groups is 1. The van der Waals surface area contributed by atoms with Crippen LogP contribution in [0.4, 0.5) is 0 Å². The summed E-state index contributed by atoms with van der Waals surface area (Å²) in [6.45, 7) is 0.317. The number of hydrogen-bond acceptors (Lipinski definition) is 4. The third-order valence-corrected chi connectivity index (χ3v) is 5.43. The highest BCUT2D eigenvalue weighted by Crippen LogP contribution is 2.26. The number of benzene rings is 1. The van der Waals surface area contributed by atoms with Crippen molar-refractivity contribution in [3.63, 3.8) is 0 Å². The smallest absolute Gasteiger partial charge is 0.245 e. The molecule has 0 N–H and O–H groups in total. The molecule has 1 saturated heterocycles. The van der Waals surface area contributed by atoms with Gasteiger partial charge in [0.05, 0.1) is 23.2 Å². The summed E-state index contributed by atoms with van der Waals surface area (Å²) in [7, 11) is -2.26. The number of nitriles is 1. The molecular formula is C12H12ClN3O3S. The number of hydrogen-bond donors (Lipinski definition) is 0. The molecule has 0 atom stereocenters. The van der Waals surface area contributed by atoms with Crippen LogP contribution in [0.2, 0.25) is 5.02 Å². The third kappa shape index (κ3) is 2.63. The number of amides is 1. The fourth-order valence-electron chi connectivity index (χ4n) is 1.85. The summed E-state index contributed by atoms with van der Waals surface area (Å²) in [5, 5.41) is 8.88. The zero-order valence-corrected chi connectivity index (χ0v) is 12.3. The Labute approximate surface area is 122 Å². The van der Waals surface area contributed by atoms with Gasteiger partial charge in [-0.3, -0.25) is 4.79 Å². The van der Waals surface area contributed by atoms with Crippen molar-refractivity contribution in [3.05, 3.63) is 28.8 Å². The van der Waals surface area contributed by atoms with Gasteiger partial charge < -0.3 is 4.90 Å². The number of sulfonamides is 1. The Bertz CT molecular complexity index is 696. The number of likely N-dealkylation sites (N-methyl/N-ethyl adjacent to an activating group) is 1. The highest BCUT2D eigenvalue weighted by molar-refractivity contribution is 7.89. The van der Waals surface area contributed by atoms with E-state index in [2.05, 4.69) is 0 Å². The molecule has 1 aromatic carbocycles. The number of rotatable bonds is 2. The van der Waals surface area contributed by atoms with Gasteiger partial charge in [0.1, 0.15) is 4.90 Å². The Morgan fingerprint density at radius 3 is 2.65 bits per heavy atom. The lowest BCUT2D eigenvalue weighted by Gasteiger charge is -2.31. The molecule has 1 heterocycles. The fourth-order valence-corrected chi connectivity index (χ4v) is 3.73. The Balaban J connectivity index is 2.41. The second kappa shape index (κ2) is 5.40. The van der Waals surface area contributed by atoms with E-state index in [-0.39, 0.29) is 34.5 Å². The van der Waals surface area contributed by atoms with Gasteiger partial charge in [-0.15, -0.1) is 0 Å². The minimum absolute atomic E-state index is 0.0374. The molecule has 0 spiro atoms. The zero-order chi connectivity index (χ0) is 14.9. The summed E-state index contributed by atoms with van der Waals surface area (Å²) in [6.07, 6.45) is 0. The van der Waals surface area contributed by atoms with Crippen molar-refractivity contribution in [2.75, 3.05) is 26.7 Å². The van der Waals surface area contributed by atoms with E-state index in [0.29, 0.717) is 6.54 Å². The molecule has 2 rings (SSSR count). The quantitative estimate of drug-likeness (QED) is 0.804. The number of nitrogens with zero attached hydrogens (tertiary/aromatic N) is 3. The van der Waals surface area contributed by atoms with Crippen LogP contribution in [0.15, 0.2) is 23.1 Å². The van der Waals surface area contributed by atoms with Crippen LogP contribution in [-0.2, 0) is 14.8 Å². The standard InChI is InChI=1S/C12H12ClN3O3S/c1-15-4-5-16(8-12(15)17)20(18,19)11-6-9(7-14)2-3-10(11)13/h2-3,6H,4-5,8H2,1H3. The first-order chi connectivity index (χ1) is 9.36. The maximum absolute atomic E-state index is 12.5. The first kappa shape index (κ1) is 14.8. The molecule has 0 aliphatic carbocycles. The van der Waals surface area contributed by atoms with Crippen LogP contribution in [0.3, 0.4) is 0 Å². The highest BCUT2D eigenvalue weighted by Gasteiger charge is 2.32. The minimum atomic E-state index is -3.88. The van der Waals surface area contributed by atoms with Crippen molar-refractivity contribution in [1.29, 1.82) is 5.26 Å². The van der Waals surface area contributed by atoms with Gasteiger partial charge in [-0.2, -0.15) is 9.57 Å². The largest absolute Gasteiger partial charge is 0.343 e. The maximum Gasteiger partial charge on any atom is 0.245 e. The summed E-state index contributed by atoms with van der Waals surface area (Å²) in [5.74, 6) is -0.271. The second-order valence-electron chi connectivity index (χ2n) is 4.41. The summed E-state index contributed by atoms with van der Waals surface area (Å²) in [5.41, 5.74) is 0.202. The van der Waals surface area contributed by atoms with Gasteiger partial charge in [0.2, 0.25) is 15.9 Å². The molecule has 20 heavy (non-hydrogen) atoms. The molecule has 1 aliphatic rings. The molecule has 0 bridgehead atoms. The lowest BCUT2D eigenvalue weighted by atomic mass is 10.2. The molecular weight excluding hydrogens is 302 g/mol. The van der Waals surface area contributed by atoms with E-state index in [1.54, 1.807) is 7.05 Å². The van der Waals surface area contributed by atoms with Crippen LogP contribution in [0, 0.1) is 11.3 Å². The van der Waals surface area contributed by atoms with Crippen molar-refractivity contribution < 1.29 is 13.2 Å². The average Bonchev–Trinajstić information content (AvgIpc) is 2.42. The molecule has 1 aromatic rings. The monoisotopic (exact) mass is 313 g/mol. The molecule has 0 saturated carbocycles. The number of halogens is 1. The van der Waals surface area contributed by atoms with Crippen LogP contribution >= 0.6 is 11.6 Å². The lowest BCUT2D eigenvalue weighted by molar-refractivity contribution is -0.132. The number of carbonyl (C=O) groups excluding carboxylic acids is 1. The van der Waals surface area contributed by atoms with E-state index in [9.17, 15) is 13.2 Å². The SMILES string of the molecule is CN1CCN(S(=O)(=O)c2cc(C#N)ccc2Cl)CC1=O. The Kier molecular flexibility index (Phi) is 3.99. The summed E-state index contributed by atoms with van der Waals surface area (Å²) < 4.78 is 26.1. The van der Waals surface area contributed by atoms with Gasteiger partial charge in [0, 0.05) is 20.1 Å². The van der Waals surface area contributed by atoms with E-state index in [1.807, 2.05) is 6.07 Å². The summed E-state index contributed by atoms with van der Waals surface area (Å²) >= 11 is 5.91. The van der Waals surface area contributed by atoms with Crippen LogP contribution < -0.4 is 0 Å². The lowest BCUT2D eigenvalue weighted by Crippen LogP contribution is -2.50. The predicted octanol–water partition coefficient (Wildman–Crippen LogP) is 0.674. The van der Waals surface area contributed by atoms with E-state index in [4.69, 9.17) is 16.9 Å². The highest BCUT2D eigenvalue weighted by atomic mass is 35.5. The molecule has 0 aromatic heterocycles. The van der Waals surface area contributed by atoms with Crippen LogP contribution in [0.25, 0.3) is 0 Å². The van der Waals surface area contributed by atoms with Gasteiger partial charge >= 0.3 is 0 Å². The molecule has 8 heteroatoms. The van der Waals surface area contributed by atoms with E-state index in [1.165, 1.54) is 23.1 Å². The normalized spacial score (nSPS) is 17.1. The van der Waals surface area contributed by atoms with Crippen molar-refractivity contribution in [1.82, 2.24) is 9.21 Å². The first-order valence-corrected chi connectivity index (χ1v) is 7.62. The van der Waals surface area contributed by atoms with Crippen LogP contribution in [0.5, 0.6) is 0 Å². The van der Waals surface area contributed by atoms with Gasteiger partial charge in [0.25, 0.3) is 0 Å². The second-order valence-corrected chi connectivity index (χ2v) is 6.72. The van der Waals surface area contributed by atoms with Crippen molar-refractivity contribution in [2.24, 2.45) is 0 Å². The van der Waals surface area contributed by atoms with E-state index < -0.39 is 10.0 Å². The van der Waals surface area contributed by atoms with Crippen molar-refractivity contribution in [2.45, 2.75) is 4.90 Å². The van der Waals surface area contributed by atoms with Gasteiger partial charge in [-0.05, 0) is 18.2 Å². The molecule has 0 radical (unpaired) electrons. The fraction of sp³-hybridized carbons (Fsp3) is 0.333. The zero-order valence-electron chi connectivity index (χ0n) is 10.7. The molecule has 0 unspecified atom stereocenters. The van der Waals surface area contributed by atoms with Gasteiger partial charge in [-0.25, -0.2) is 8.42 Å². The van der Waals surface area contributed by atoms with E-state index in [0.717, 1.165) is 4.31 Å². The number of piperazine rings is 1. The Morgan fingerprint density at radius 2 is 2.05 bits per heavy atom. The van der Waals surface area contributed by atoms with Crippen molar-refractivity contribution >= 4 is 27.5 Å². The molecule has 1 aliphatic heterocycles. The molecule has 6 nitrogen and oxygen atoms in total. The maximum atomic E-state index is 12.5. The molecule has 1 fully saturated rings. The summed E-state index contributed by atoms with van der Waals surface area (Å²) in [4.78, 5) is 13.0. The van der Waals surface area contributed by atoms with E-state index >= 15 is 0 Å². The molecule has 106 valence electrons. The predicted molar refractivity (Wildman–Crippen MR) is 72.6 cm³/mol. The van der Waals surface area contributed by atoms with Gasteiger partial charge in [0.15, 0.2) is 0 Å². The Morgan fingerprint density at radius 1 is 1.35 bits per heavy atom. The summed E-state index contributed by atoms with van der Waals surface area (Å²) in [6, 6.07) is 5.90. The van der Waals surface area contributed by atoms with Crippen molar-refractivity contribution in [3.8, 4) is 6.07 Å². The average molecular weight is 314 g/mol. The van der Waals surface area contributed by atoms with Gasteiger partial charge in [-0.1, -0.05) is 11.6 Å². The third-order valence-electron chi connectivity index (χ3n) is 3.10. The van der Waals surface area contributed by atoms with Crippen LogP contribution in [0.1, 0.15) is 5.56 Å². The van der Waals surface area contributed by atoms with Crippen LogP contribution in [-0.4, -0.2) is 50.2 Å². The first-order valence-electron chi connectivity index (χ1n) is 5.80. The minimum Gasteiger partial charge on any atom is -0.343 e.